The summed E-state index contributed by atoms with van der Waals surface area (Å²) in [6.45, 7) is 8.00. The van der Waals surface area contributed by atoms with E-state index in [-0.39, 0.29) is 5.75 Å². The molecule has 18 heavy (non-hydrogen) atoms. The highest BCUT2D eigenvalue weighted by molar-refractivity contribution is 5.45. The molecule has 0 saturated carbocycles. The Balaban J connectivity index is 2.37. The van der Waals surface area contributed by atoms with Gasteiger partial charge in [0.15, 0.2) is 11.5 Å². The number of phenolic OH excluding ortho intramolecular Hbond substituents is 1. The molecule has 0 saturated heterocycles. The van der Waals surface area contributed by atoms with Crippen molar-refractivity contribution in [1.29, 1.82) is 0 Å². The Labute approximate surface area is 108 Å². The lowest BCUT2D eigenvalue weighted by molar-refractivity contribution is 0.244. The van der Waals surface area contributed by atoms with Gasteiger partial charge in [-0.25, -0.2) is 0 Å². The smallest absolute Gasteiger partial charge is 0.162 e. The number of para-hydroxylation sites is 1. The van der Waals surface area contributed by atoms with Crippen LogP contribution < -0.4 is 10.1 Å². The highest BCUT2D eigenvalue weighted by Crippen LogP contribution is 2.29. The summed E-state index contributed by atoms with van der Waals surface area (Å²) in [5, 5.41) is 13.2. The Hall–Kier alpha value is -1.68. The number of aromatic hydroxyl groups is 1. The van der Waals surface area contributed by atoms with E-state index >= 15 is 0 Å². The fraction of sp³-hybridized carbons (Fsp3) is 0.429. The predicted molar refractivity (Wildman–Crippen MR) is 71.7 cm³/mol. The fourth-order valence-electron chi connectivity index (χ4n) is 1.57. The summed E-state index contributed by atoms with van der Waals surface area (Å²) in [6.07, 6.45) is 2.34. The van der Waals surface area contributed by atoms with E-state index in [4.69, 9.17) is 9.47 Å². The summed E-state index contributed by atoms with van der Waals surface area (Å²) in [6, 6.07) is 5.52. The van der Waals surface area contributed by atoms with Crippen LogP contribution in [0.4, 0.5) is 0 Å². The van der Waals surface area contributed by atoms with E-state index in [1.54, 1.807) is 6.07 Å². The maximum Gasteiger partial charge on any atom is 0.162 e. The van der Waals surface area contributed by atoms with Gasteiger partial charge in [-0.05, 0) is 26.0 Å². The summed E-state index contributed by atoms with van der Waals surface area (Å²) >= 11 is 0. The van der Waals surface area contributed by atoms with Gasteiger partial charge in [-0.2, -0.15) is 0 Å². The average molecular weight is 251 g/mol. The zero-order valence-electron chi connectivity index (χ0n) is 10.8. The van der Waals surface area contributed by atoms with Gasteiger partial charge in [0.25, 0.3) is 0 Å². The second kappa shape index (κ2) is 8.42. The van der Waals surface area contributed by atoms with Gasteiger partial charge in [0.05, 0.1) is 19.5 Å². The number of hydrogen-bond donors (Lipinski definition) is 2. The second-order valence-corrected chi connectivity index (χ2v) is 3.76. The predicted octanol–water partition coefficient (Wildman–Crippen LogP) is 2.43. The molecule has 0 amide bonds. The van der Waals surface area contributed by atoms with E-state index in [1.165, 1.54) is 6.26 Å². The molecular weight excluding hydrogens is 230 g/mol. The van der Waals surface area contributed by atoms with Gasteiger partial charge in [-0.3, -0.25) is 0 Å². The fourth-order valence-corrected chi connectivity index (χ4v) is 1.57. The maximum absolute atomic E-state index is 9.96. The van der Waals surface area contributed by atoms with E-state index in [9.17, 15) is 5.11 Å². The standard InChI is InChI=1S/C14H21NO3/c1-3-17-10-6-9-15-11-12-7-5-8-13(14(12)16)18-4-2/h3,5,7-8,15-16H,1,4,6,9-11H2,2H3. The van der Waals surface area contributed by atoms with Crippen molar-refractivity contribution in [3.8, 4) is 11.5 Å². The van der Waals surface area contributed by atoms with Gasteiger partial charge in [-0.15, -0.1) is 0 Å². The molecule has 0 radical (unpaired) electrons. The summed E-state index contributed by atoms with van der Waals surface area (Å²) in [5.74, 6) is 0.751. The van der Waals surface area contributed by atoms with E-state index in [1.807, 2.05) is 19.1 Å². The van der Waals surface area contributed by atoms with Crippen LogP contribution in [0.2, 0.25) is 0 Å². The van der Waals surface area contributed by atoms with Crippen molar-refractivity contribution in [2.24, 2.45) is 0 Å². The molecule has 1 rings (SSSR count). The third-order valence-corrected chi connectivity index (χ3v) is 2.43. The molecule has 2 N–H and O–H groups in total. The molecule has 0 atom stereocenters. The zero-order valence-corrected chi connectivity index (χ0v) is 10.8. The first kappa shape index (κ1) is 14.4. The molecule has 1 aromatic rings. The highest BCUT2D eigenvalue weighted by Gasteiger charge is 2.06. The Morgan fingerprint density at radius 3 is 3.00 bits per heavy atom. The van der Waals surface area contributed by atoms with Crippen molar-refractivity contribution >= 4 is 0 Å². The van der Waals surface area contributed by atoms with Crippen molar-refractivity contribution in [2.45, 2.75) is 19.9 Å². The Morgan fingerprint density at radius 2 is 2.28 bits per heavy atom. The zero-order chi connectivity index (χ0) is 13.2. The Bertz CT molecular complexity index is 366. The van der Waals surface area contributed by atoms with Crippen LogP contribution in [0, 0.1) is 0 Å². The number of benzene rings is 1. The van der Waals surface area contributed by atoms with Crippen LogP contribution in [0.15, 0.2) is 31.0 Å². The first-order valence-corrected chi connectivity index (χ1v) is 6.16. The summed E-state index contributed by atoms with van der Waals surface area (Å²) < 4.78 is 10.3. The third-order valence-electron chi connectivity index (χ3n) is 2.43. The molecule has 0 aliphatic rings. The first-order chi connectivity index (χ1) is 8.79. The number of nitrogens with one attached hydrogen (secondary N) is 1. The minimum Gasteiger partial charge on any atom is -0.504 e. The number of ether oxygens (including phenoxy) is 2. The lowest BCUT2D eigenvalue weighted by Crippen LogP contribution is -2.16. The first-order valence-electron chi connectivity index (χ1n) is 6.16. The topological polar surface area (TPSA) is 50.7 Å². The molecule has 1 aromatic carbocycles. The molecule has 0 unspecified atom stereocenters. The van der Waals surface area contributed by atoms with Crippen molar-refractivity contribution in [2.75, 3.05) is 19.8 Å². The van der Waals surface area contributed by atoms with Gasteiger partial charge in [0.1, 0.15) is 0 Å². The van der Waals surface area contributed by atoms with Gasteiger partial charge >= 0.3 is 0 Å². The van der Waals surface area contributed by atoms with Crippen molar-refractivity contribution in [1.82, 2.24) is 5.32 Å². The highest BCUT2D eigenvalue weighted by atomic mass is 16.5. The molecule has 4 heteroatoms. The second-order valence-electron chi connectivity index (χ2n) is 3.76. The van der Waals surface area contributed by atoms with Crippen LogP contribution >= 0.6 is 0 Å². The van der Waals surface area contributed by atoms with E-state index in [0.29, 0.717) is 25.5 Å². The molecule has 0 bridgehead atoms. The molecule has 4 nitrogen and oxygen atoms in total. The molecule has 0 aromatic heterocycles. The van der Waals surface area contributed by atoms with Crippen molar-refractivity contribution in [3.05, 3.63) is 36.6 Å². The molecule has 0 heterocycles. The van der Waals surface area contributed by atoms with Crippen molar-refractivity contribution in [3.63, 3.8) is 0 Å². The SMILES string of the molecule is C=COCCCNCc1cccc(OCC)c1O. The van der Waals surface area contributed by atoms with Crippen LogP contribution in [0.3, 0.4) is 0 Å². The lowest BCUT2D eigenvalue weighted by atomic mass is 10.2. The molecule has 0 aliphatic carbocycles. The van der Waals surface area contributed by atoms with Crippen LogP contribution in [0.5, 0.6) is 11.5 Å². The minimum atomic E-state index is 0.217. The Kier molecular flexibility index (Phi) is 6.72. The number of hydrogen-bond acceptors (Lipinski definition) is 4. The molecule has 0 fully saturated rings. The third kappa shape index (κ3) is 4.67. The maximum atomic E-state index is 9.96. The van der Waals surface area contributed by atoms with Gasteiger partial charge in [-0.1, -0.05) is 18.7 Å². The van der Waals surface area contributed by atoms with Crippen LogP contribution in [0.25, 0.3) is 0 Å². The van der Waals surface area contributed by atoms with E-state index < -0.39 is 0 Å². The quantitative estimate of drug-likeness (QED) is 0.523. The largest absolute Gasteiger partial charge is 0.504 e. The molecular formula is C14H21NO3. The molecule has 0 aliphatic heterocycles. The van der Waals surface area contributed by atoms with Gasteiger partial charge in [0, 0.05) is 12.1 Å². The summed E-state index contributed by atoms with van der Waals surface area (Å²) in [4.78, 5) is 0. The van der Waals surface area contributed by atoms with E-state index in [2.05, 4.69) is 11.9 Å². The van der Waals surface area contributed by atoms with E-state index in [0.717, 1.165) is 18.5 Å². The number of rotatable bonds is 9. The Morgan fingerprint density at radius 1 is 1.44 bits per heavy atom. The van der Waals surface area contributed by atoms with Crippen LogP contribution in [0.1, 0.15) is 18.9 Å². The lowest BCUT2D eigenvalue weighted by Gasteiger charge is -2.10. The van der Waals surface area contributed by atoms with Gasteiger partial charge in [0.2, 0.25) is 0 Å². The minimum absolute atomic E-state index is 0.217. The summed E-state index contributed by atoms with van der Waals surface area (Å²) in [7, 11) is 0. The normalized spacial score (nSPS) is 10.1. The monoisotopic (exact) mass is 251 g/mol. The average Bonchev–Trinajstić information content (AvgIpc) is 2.38. The number of phenols is 1. The van der Waals surface area contributed by atoms with Crippen molar-refractivity contribution < 1.29 is 14.6 Å². The molecule has 0 spiro atoms. The van der Waals surface area contributed by atoms with Gasteiger partial charge < -0.3 is 19.9 Å². The molecule has 100 valence electrons. The van der Waals surface area contributed by atoms with Crippen LogP contribution in [-0.4, -0.2) is 24.9 Å². The summed E-state index contributed by atoms with van der Waals surface area (Å²) in [5.41, 5.74) is 0.839. The van der Waals surface area contributed by atoms with Crippen LogP contribution in [-0.2, 0) is 11.3 Å².